The molecule has 4 rings (SSSR count). The zero-order valence-electron chi connectivity index (χ0n) is 22.3. The van der Waals surface area contributed by atoms with Crippen molar-refractivity contribution in [3.8, 4) is 0 Å². The van der Waals surface area contributed by atoms with Gasteiger partial charge in [0.05, 0.1) is 35.8 Å². The van der Waals surface area contributed by atoms with Gasteiger partial charge in [-0.3, -0.25) is 14.9 Å². The normalized spacial score (nSPS) is 19.4. The van der Waals surface area contributed by atoms with E-state index in [1.807, 2.05) is 5.32 Å². The maximum absolute atomic E-state index is 13.1. The first-order valence-corrected chi connectivity index (χ1v) is 14.9. The first-order chi connectivity index (χ1) is 18.9. The highest BCUT2D eigenvalue weighted by atomic mass is 32.2. The number of imide groups is 1. The van der Waals surface area contributed by atoms with Crippen molar-refractivity contribution < 1.29 is 37.1 Å². The molecule has 1 saturated heterocycles. The minimum atomic E-state index is -3.79. The van der Waals surface area contributed by atoms with Crippen LogP contribution < -0.4 is 16.4 Å². The Bertz CT molecular complexity index is 1410. The number of hydrogen-bond acceptors (Lipinski definition) is 9. The lowest BCUT2D eigenvalue weighted by Crippen LogP contribution is -2.48. The molecule has 2 aliphatic rings. The van der Waals surface area contributed by atoms with Gasteiger partial charge in [0.2, 0.25) is 10.0 Å². The smallest absolute Gasteiger partial charge is 0.410 e. The van der Waals surface area contributed by atoms with Gasteiger partial charge in [0.15, 0.2) is 0 Å². The molecule has 13 nitrogen and oxygen atoms in total. The third-order valence-corrected chi connectivity index (χ3v) is 9.39. The Kier molecular flexibility index (Phi) is 8.77. The van der Waals surface area contributed by atoms with Crippen molar-refractivity contribution in [2.75, 3.05) is 31.6 Å². The molecule has 1 fully saturated rings. The van der Waals surface area contributed by atoms with E-state index >= 15 is 0 Å². The van der Waals surface area contributed by atoms with Crippen molar-refractivity contribution >= 4 is 50.3 Å². The molecule has 0 saturated carbocycles. The molecular weight excluding hydrogens is 562 g/mol. The Hall–Kier alpha value is -3.53. The number of nitrogens with one attached hydrogen (secondary N) is 2. The number of sulfonamides is 1. The van der Waals surface area contributed by atoms with Crippen molar-refractivity contribution in [1.82, 2.24) is 14.5 Å². The third kappa shape index (κ3) is 6.27. The highest BCUT2D eigenvalue weighted by Crippen LogP contribution is 2.37. The first kappa shape index (κ1) is 29.5. The summed E-state index contributed by atoms with van der Waals surface area (Å²) in [7, 11) is -3.79. The Morgan fingerprint density at radius 2 is 1.75 bits per heavy atom. The summed E-state index contributed by atoms with van der Waals surface area (Å²) in [5.74, 6) is -1.37. The number of ether oxygens (including phenoxy) is 2. The average molecular weight is 594 g/mol. The summed E-state index contributed by atoms with van der Waals surface area (Å²) in [6, 6.07) is 4.43. The highest BCUT2D eigenvalue weighted by Gasteiger charge is 2.33. The van der Waals surface area contributed by atoms with Gasteiger partial charge in [-0.2, -0.15) is 4.31 Å². The van der Waals surface area contributed by atoms with E-state index in [1.54, 1.807) is 20.8 Å². The summed E-state index contributed by atoms with van der Waals surface area (Å²) >= 11 is 1.10. The number of primary amides is 1. The van der Waals surface area contributed by atoms with Gasteiger partial charge in [0.1, 0.15) is 5.00 Å². The molecule has 0 aliphatic carbocycles. The van der Waals surface area contributed by atoms with Crippen molar-refractivity contribution in [3.05, 3.63) is 45.8 Å². The molecule has 2 unspecified atom stereocenters. The van der Waals surface area contributed by atoms with E-state index < -0.39 is 34.0 Å². The summed E-state index contributed by atoms with van der Waals surface area (Å²) < 4.78 is 38.3. The number of urea groups is 1. The molecule has 2 aliphatic heterocycles. The van der Waals surface area contributed by atoms with Crippen molar-refractivity contribution in [1.29, 1.82) is 0 Å². The largest absolute Gasteiger partial charge is 0.450 e. The molecular formula is C25H31N5O8S2. The molecule has 0 bridgehead atoms. The van der Waals surface area contributed by atoms with Crippen LogP contribution >= 0.6 is 11.3 Å². The molecule has 4 N–H and O–H groups in total. The summed E-state index contributed by atoms with van der Waals surface area (Å²) in [5.41, 5.74) is 5.98. The van der Waals surface area contributed by atoms with E-state index in [9.17, 15) is 27.6 Å². The number of fused-ring (bicyclic) bond motifs is 1. The van der Waals surface area contributed by atoms with Gasteiger partial charge < -0.3 is 25.4 Å². The molecule has 40 heavy (non-hydrogen) atoms. The monoisotopic (exact) mass is 593 g/mol. The average Bonchev–Trinajstić information content (AvgIpc) is 3.25. The fourth-order valence-corrected chi connectivity index (χ4v) is 7.55. The van der Waals surface area contributed by atoms with Crippen molar-refractivity contribution in [2.45, 2.75) is 50.8 Å². The lowest BCUT2D eigenvalue weighted by atomic mass is 10.0. The van der Waals surface area contributed by atoms with Gasteiger partial charge >= 0.3 is 12.1 Å². The Morgan fingerprint density at radius 1 is 1.10 bits per heavy atom. The van der Waals surface area contributed by atoms with Crippen LogP contribution in [0.2, 0.25) is 0 Å². The zero-order chi connectivity index (χ0) is 29.2. The van der Waals surface area contributed by atoms with Crippen LogP contribution in [0.5, 0.6) is 0 Å². The summed E-state index contributed by atoms with van der Waals surface area (Å²) in [6.07, 6.45) is -0.685. The minimum Gasteiger partial charge on any atom is -0.450 e. The molecule has 15 heteroatoms. The summed E-state index contributed by atoms with van der Waals surface area (Å²) in [6.45, 7) is 6.42. The number of nitrogens with two attached hydrogens (primary N) is 1. The highest BCUT2D eigenvalue weighted by molar-refractivity contribution is 7.89. The first-order valence-electron chi connectivity index (χ1n) is 12.6. The van der Waals surface area contributed by atoms with Crippen LogP contribution in [-0.2, 0) is 32.5 Å². The number of amides is 5. The Labute approximate surface area is 235 Å². The second kappa shape index (κ2) is 11.9. The number of carbonyl (C=O) groups is 4. The van der Waals surface area contributed by atoms with Crippen LogP contribution in [0.1, 0.15) is 51.9 Å². The standard InChI is InChI=1S/C25H31N5O8S2/c1-4-37-25(34)29-10-9-18-19(13-29)39-23(20(18)22(32)28-24(26)33)27-21(31)16-5-7-17(8-6-16)40(35,36)30-11-14(2)38-15(3)12-30/h5-8,14-15H,4,9-13H2,1-3H3,(H,27,31)(H3,26,28,32,33). The molecule has 5 amide bonds. The van der Waals surface area contributed by atoms with Crippen LogP contribution in [0.4, 0.5) is 14.6 Å². The van der Waals surface area contributed by atoms with Gasteiger partial charge in [-0.15, -0.1) is 11.3 Å². The number of nitrogens with zero attached hydrogens (tertiary/aromatic N) is 2. The van der Waals surface area contributed by atoms with Gasteiger partial charge in [-0.05, 0) is 57.0 Å². The van der Waals surface area contributed by atoms with Gasteiger partial charge in [0.25, 0.3) is 11.8 Å². The van der Waals surface area contributed by atoms with E-state index in [0.717, 1.165) is 11.3 Å². The van der Waals surface area contributed by atoms with Crippen molar-refractivity contribution in [3.63, 3.8) is 0 Å². The van der Waals surface area contributed by atoms with E-state index in [-0.39, 0.29) is 66.0 Å². The molecule has 3 heterocycles. The van der Waals surface area contributed by atoms with Crippen LogP contribution in [0.25, 0.3) is 0 Å². The topological polar surface area (TPSA) is 177 Å². The molecule has 0 spiro atoms. The maximum Gasteiger partial charge on any atom is 0.410 e. The fraction of sp³-hybridized carbons (Fsp3) is 0.440. The van der Waals surface area contributed by atoms with E-state index in [1.165, 1.54) is 33.5 Å². The van der Waals surface area contributed by atoms with E-state index in [4.69, 9.17) is 15.2 Å². The van der Waals surface area contributed by atoms with Crippen LogP contribution in [0.3, 0.4) is 0 Å². The third-order valence-electron chi connectivity index (χ3n) is 6.41. The fourth-order valence-electron chi connectivity index (χ4n) is 4.71. The number of carbonyl (C=O) groups excluding carboxylic acids is 4. The second-order valence-corrected chi connectivity index (χ2v) is 12.5. The van der Waals surface area contributed by atoms with E-state index in [0.29, 0.717) is 16.9 Å². The molecule has 2 atom stereocenters. The van der Waals surface area contributed by atoms with Crippen molar-refractivity contribution in [2.24, 2.45) is 5.73 Å². The van der Waals surface area contributed by atoms with Crippen LogP contribution in [-0.4, -0.2) is 80.0 Å². The summed E-state index contributed by atoms with van der Waals surface area (Å²) in [4.78, 5) is 51.8. The summed E-state index contributed by atoms with van der Waals surface area (Å²) in [5, 5.41) is 4.90. The molecule has 1 aromatic heterocycles. The zero-order valence-corrected chi connectivity index (χ0v) is 23.9. The van der Waals surface area contributed by atoms with Gasteiger partial charge in [-0.1, -0.05) is 0 Å². The number of anilines is 1. The van der Waals surface area contributed by atoms with Gasteiger partial charge in [-0.25, -0.2) is 18.0 Å². The predicted molar refractivity (Wildman–Crippen MR) is 146 cm³/mol. The Balaban J connectivity index is 1.56. The number of hydrogen-bond donors (Lipinski definition) is 3. The van der Waals surface area contributed by atoms with E-state index in [2.05, 4.69) is 5.32 Å². The number of benzene rings is 1. The molecule has 216 valence electrons. The van der Waals surface area contributed by atoms with Gasteiger partial charge in [0, 0.05) is 30.1 Å². The molecule has 2 aromatic rings. The molecule has 0 radical (unpaired) electrons. The SMILES string of the molecule is CCOC(=O)N1CCc2c(sc(NC(=O)c3ccc(S(=O)(=O)N4CC(C)OC(C)C4)cc3)c2C(=O)NC(N)=O)C1. The lowest BCUT2D eigenvalue weighted by Gasteiger charge is -2.34. The predicted octanol–water partition coefficient (Wildman–Crippen LogP) is 2.12. The quantitative estimate of drug-likeness (QED) is 0.456. The minimum absolute atomic E-state index is 0.0394. The Morgan fingerprint density at radius 3 is 2.35 bits per heavy atom. The lowest BCUT2D eigenvalue weighted by molar-refractivity contribution is -0.0440. The van der Waals surface area contributed by atoms with Crippen LogP contribution in [0.15, 0.2) is 29.2 Å². The number of rotatable bonds is 6. The van der Waals surface area contributed by atoms with Crippen LogP contribution in [0, 0.1) is 0 Å². The number of morpholine rings is 1. The maximum atomic E-state index is 13.1. The molecule has 1 aromatic carbocycles. The number of thiophene rings is 1. The second-order valence-electron chi connectivity index (χ2n) is 9.45.